The first kappa shape index (κ1) is 19.8. The minimum atomic E-state index is -1.12. The molecule has 154 valence electrons. The molecule has 1 aromatic carbocycles. The molecule has 29 heavy (non-hydrogen) atoms. The average Bonchev–Trinajstić information content (AvgIpc) is 3.41. The Bertz CT molecular complexity index is 896. The molecule has 2 fully saturated rings. The van der Waals surface area contributed by atoms with Gasteiger partial charge in [0, 0.05) is 30.6 Å². The minimum Gasteiger partial charge on any atom is -0.465 e. The Morgan fingerprint density at radius 2 is 2.14 bits per heavy atom. The Balaban J connectivity index is 1.74. The van der Waals surface area contributed by atoms with Gasteiger partial charge in [-0.05, 0) is 45.2 Å². The molecule has 2 unspecified atom stereocenters. The molecule has 2 atom stereocenters. The Kier molecular flexibility index (Phi) is 5.55. The van der Waals surface area contributed by atoms with Gasteiger partial charge in [0.2, 0.25) is 0 Å². The number of carbonyl (C=O) groups excluding carboxylic acids is 2. The van der Waals surface area contributed by atoms with Gasteiger partial charge >= 0.3 is 5.97 Å². The van der Waals surface area contributed by atoms with E-state index < -0.39 is 29.3 Å². The third-order valence-electron chi connectivity index (χ3n) is 5.72. The highest BCUT2D eigenvalue weighted by atomic mass is 19.2. The Morgan fingerprint density at radius 3 is 2.79 bits per heavy atom. The molecule has 0 bridgehead atoms. The number of esters is 1. The summed E-state index contributed by atoms with van der Waals surface area (Å²) in [6.45, 7) is 2.87. The first-order valence-electron chi connectivity index (χ1n) is 10.2. The zero-order chi connectivity index (χ0) is 20.5. The van der Waals surface area contributed by atoms with E-state index in [0.717, 1.165) is 38.3 Å². The maximum Gasteiger partial charge on any atom is 0.318 e. The van der Waals surface area contributed by atoms with Crippen LogP contribution in [0.1, 0.15) is 54.9 Å². The molecular weight excluding hydrogens is 378 g/mol. The highest BCUT2D eigenvalue weighted by Crippen LogP contribution is 2.42. The number of fused-ring (bicyclic) bond motifs is 1. The van der Waals surface area contributed by atoms with Crippen LogP contribution < -0.4 is 10.2 Å². The highest BCUT2D eigenvalue weighted by molar-refractivity contribution is 6.14. The van der Waals surface area contributed by atoms with Gasteiger partial charge in [-0.15, -0.1) is 0 Å². The van der Waals surface area contributed by atoms with Crippen molar-refractivity contribution >= 4 is 17.4 Å². The van der Waals surface area contributed by atoms with Crippen LogP contribution in [-0.4, -0.2) is 43.5 Å². The number of nitrogens with zero attached hydrogens (tertiary/aromatic N) is 1. The van der Waals surface area contributed by atoms with E-state index in [1.807, 2.05) is 4.90 Å². The fraction of sp³-hybridized carbons (Fsp3) is 0.545. The summed E-state index contributed by atoms with van der Waals surface area (Å²) in [5.74, 6) is 1.41. The number of hydrogen-bond acceptors (Lipinski definition) is 5. The van der Waals surface area contributed by atoms with E-state index in [1.54, 1.807) is 6.92 Å². The summed E-state index contributed by atoms with van der Waals surface area (Å²) in [6.07, 6.45) is 4.37. The second-order valence-electron chi connectivity index (χ2n) is 7.80. The van der Waals surface area contributed by atoms with Gasteiger partial charge in [-0.2, -0.15) is 0 Å². The second-order valence-corrected chi connectivity index (χ2v) is 7.80. The fourth-order valence-electron chi connectivity index (χ4n) is 4.11. The van der Waals surface area contributed by atoms with Gasteiger partial charge in [0.15, 0.2) is 17.4 Å². The summed E-state index contributed by atoms with van der Waals surface area (Å²) in [5.41, 5.74) is 0.257. The summed E-state index contributed by atoms with van der Waals surface area (Å²) in [6, 6.07) is 1.25. The predicted molar refractivity (Wildman–Crippen MR) is 104 cm³/mol. The fourth-order valence-corrected chi connectivity index (χ4v) is 4.11. The number of benzene rings is 1. The van der Waals surface area contributed by atoms with Crippen molar-refractivity contribution < 1.29 is 23.1 Å². The molecule has 1 aliphatic carbocycles. The standard InChI is InChI=1S/C22H24F2N2O3/c1-2-29-22(28)17-12-26(14-8-9-14)20-15(7-3-5-13-6-4-10-25-13)19(24)18(23)11-16(20)21(17)27/h11,13-14,17,25H,2,4-6,8-10,12H2,1H3. The van der Waals surface area contributed by atoms with Gasteiger partial charge in [-0.3, -0.25) is 9.59 Å². The first-order chi connectivity index (χ1) is 14.0. The minimum absolute atomic E-state index is 0.0170. The van der Waals surface area contributed by atoms with Crippen molar-refractivity contribution in [2.45, 2.75) is 51.1 Å². The van der Waals surface area contributed by atoms with Crippen molar-refractivity contribution in [3.8, 4) is 11.8 Å². The predicted octanol–water partition coefficient (Wildman–Crippen LogP) is 2.80. The number of ketones is 1. The lowest BCUT2D eigenvalue weighted by Crippen LogP contribution is -2.45. The molecule has 7 heteroatoms. The van der Waals surface area contributed by atoms with Crippen LogP contribution in [0.2, 0.25) is 0 Å². The SMILES string of the molecule is CCOC(=O)C1CN(C2CC2)c2c(cc(F)c(F)c2C#CCC2CCCN2)C1=O. The first-order valence-corrected chi connectivity index (χ1v) is 10.2. The molecule has 0 spiro atoms. The number of anilines is 1. The van der Waals surface area contributed by atoms with Crippen LogP contribution in [-0.2, 0) is 9.53 Å². The molecule has 2 heterocycles. The lowest BCUT2D eigenvalue weighted by Gasteiger charge is -2.35. The van der Waals surface area contributed by atoms with E-state index in [2.05, 4.69) is 17.2 Å². The number of Topliss-reactive ketones (excluding diaryl/α,β-unsaturated/α-hetero) is 1. The van der Waals surface area contributed by atoms with E-state index in [9.17, 15) is 18.4 Å². The van der Waals surface area contributed by atoms with Crippen molar-refractivity contribution in [3.63, 3.8) is 0 Å². The largest absolute Gasteiger partial charge is 0.465 e. The van der Waals surface area contributed by atoms with Crippen LogP contribution in [0.25, 0.3) is 0 Å². The van der Waals surface area contributed by atoms with E-state index in [0.29, 0.717) is 12.1 Å². The molecule has 1 aromatic rings. The van der Waals surface area contributed by atoms with E-state index in [-0.39, 0.29) is 36.4 Å². The van der Waals surface area contributed by atoms with E-state index >= 15 is 0 Å². The molecular formula is C22H24F2N2O3. The molecule has 0 amide bonds. The Morgan fingerprint density at radius 1 is 1.34 bits per heavy atom. The maximum absolute atomic E-state index is 14.7. The van der Waals surface area contributed by atoms with Gasteiger partial charge in [0.05, 0.1) is 17.9 Å². The third kappa shape index (κ3) is 3.86. The highest BCUT2D eigenvalue weighted by Gasteiger charge is 2.44. The Hall–Kier alpha value is -2.46. The molecule has 2 aliphatic heterocycles. The van der Waals surface area contributed by atoms with Gasteiger partial charge in [0.1, 0.15) is 5.92 Å². The van der Waals surface area contributed by atoms with Crippen molar-refractivity contribution in [1.29, 1.82) is 0 Å². The number of ether oxygens (including phenoxy) is 1. The summed E-state index contributed by atoms with van der Waals surface area (Å²) in [7, 11) is 0. The van der Waals surface area contributed by atoms with Crippen molar-refractivity contribution in [2.75, 3.05) is 24.6 Å². The van der Waals surface area contributed by atoms with E-state index in [4.69, 9.17) is 4.74 Å². The number of halogens is 2. The number of hydrogen-bond donors (Lipinski definition) is 1. The molecule has 1 N–H and O–H groups in total. The van der Waals surface area contributed by atoms with Crippen LogP contribution >= 0.6 is 0 Å². The van der Waals surface area contributed by atoms with Crippen LogP contribution in [0.15, 0.2) is 6.07 Å². The molecule has 5 nitrogen and oxygen atoms in total. The van der Waals surface area contributed by atoms with Crippen LogP contribution in [0.5, 0.6) is 0 Å². The summed E-state index contributed by atoms with van der Waals surface area (Å²) in [5, 5.41) is 3.32. The second kappa shape index (κ2) is 8.11. The zero-order valence-corrected chi connectivity index (χ0v) is 16.4. The lowest BCUT2D eigenvalue weighted by molar-refractivity contribution is -0.145. The molecule has 3 aliphatic rings. The molecule has 0 radical (unpaired) electrons. The van der Waals surface area contributed by atoms with E-state index in [1.165, 1.54) is 0 Å². The zero-order valence-electron chi connectivity index (χ0n) is 16.4. The lowest BCUT2D eigenvalue weighted by atomic mass is 9.88. The topological polar surface area (TPSA) is 58.6 Å². The molecule has 4 rings (SSSR count). The normalized spacial score (nSPS) is 23.4. The molecule has 0 aromatic heterocycles. The Labute approximate surface area is 168 Å². The van der Waals surface area contributed by atoms with Crippen LogP contribution in [0.4, 0.5) is 14.5 Å². The quantitative estimate of drug-likeness (QED) is 0.477. The number of rotatable bonds is 4. The smallest absolute Gasteiger partial charge is 0.318 e. The van der Waals surface area contributed by atoms with Gasteiger partial charge in [0.25, 0.3) is 0 Å². The molecule has 1 saturated heterocycles. The van der Waals surface area contributed by atoms with Crippen molar-refractivity contribution in [3.05, 3.63) is 28.8 Å². The van der Waals surface area contributed by atoms with Crippen LogP contribution in [0, 0.1) is 29.4 Å². The van der Waals surface area contributed by atoms with Gasteiger partial charge in [-0.25, -0.2) is 8.78 Å². The monoisotopic (exact) mass is 402 g/mol. The number of nitrogens with one attached hydrogen (secondary N) is 1. The average molecular weight is 402 g/mol. The summed E-state index contributed by atoms with van der Waals surface area (Å²) in [4.78, 5) is 27.1. The van der Waals surface area contributed by atoms with Gasteiger partial charge < -0.3 is 15.0 Å². The summed E-state index contributed by atoms with van der Waals surface area (Å²) < 4.78 is 34.1. The summed E-state index contributed by atoms with van der Waals surface area (Å²) >= 11 is 0. The van der Waals surface area contributed by atoms with Crippen molar-refractivity contribution in [1.82, 2.24) is 5.32 Å². The maximum atomic E-state index is 14.7. The number of carbonyl (C=O) groups is 2. The van der Waals surface area contributed by atoms with Crippen molar-refractivity contribution in [2.24, 2.45) is 5.92 Å². The molecule has 1 saturated carbocycles. The third-order valence-corrected chi connectivity index (χ3v) is 5.72. The van der Waals surface area contributed by atoms with Gasteiger partial charge in [-0.1, -0.05) is 11.8 Å². The van der Waals surface area contributed by atoms with Crippen LogP contribution in [0.3, 0.4) is 0 Å².